The summed E-state index contributed by atoms with van der Waals surface area (Å²) in [5, 5.41) is 8.35. The van der Waals surface area contributed by atoms with E-state index in [9.17, 15) is 9.59 Å². The van der Waals surface area contributed by atoms with Gasteiger partial charge in [0.25, 0.3) is 0 Å². The van der Waals surface area contributed by atoms with Gasteiger partial charge in [0.15, 0.2) is 0 Å². The Hall–Kier alpha value is -3.15. The Balaban J connectivity index is 1.97. The number of hydrogen-bond acceptors (Lipinski definition) is 3. The van der Waals surface area contributed by atoms with Crippen LogP contribution in [0.1, 0.15) is 25.0 Å². The molecule has 0 atom stereocenters. The minimum Gasteiger partial charge on any atom is -0.369 e. The van der Waals surface area contributed by atoms with E-state index in [2.05, 4.69) is 10.4 Å². The van der Waals surface area contributed by atoms with Gasteiger partial charge in [-0.3, -0.25) is 9.59 Å². The predicted octanol–water partition coefficient (Wildman–Crippen LogP) is 2.03. The maximum atomic E-state index is 11.2. The molecule has 1 aromatic heterocycles. The molecule has 0 fully saturated rings. The van der Waals surface area contributed by atoms with Gasteiger partial charge in [0.1, 0.15) is 0 Å². The third-order valence-electron chi connectivity index (χ3n) is 4.26. The quantitative estimate of drug-likeness (QED) is 0.675. The van der Waals surface area contributed by atoms with Crippen molar-refractivity contribution >= 4 is 23.2 Å². The molecule has 25 heavy (non-hydrogen) atoms. The Labute approximate surface area is 145 Å². The van der Waals surface area contributed by atoms with Crippen molar-refractivity contribution in [3.05, 3.63) is 59.8 Å². The third kappa shape index (κ3) is 3.38. The number of carbonyl (C=O) groups excluding carboxylic acids is 2. The lowest BCUT2D eigenvalue weighted by Crippen LogP contribution is -2.35. The summed E-state index contributed by atoms with van der Waals surface area (Å²) < 4.78 is 1.78. The molecular formula is C19H20N4O2. The lowest BCUT2D eigenvalue weighted by atomic mass is 9.94. The van der Waals surface area contributed by atoms with Gasteiger partial charge >= 0.3 is 0 Å². The fraction of sp³-hybridized carbons (Fsp3) is 0.211. The molecule has 0 aliphatic rings. The van der Waals surface area contributed by atoms with Gasteiger partial charge in [-0.1, -0.05) is 30.3 Å². The Morgan fingerprint density at radius 2 is 1.96 bits per heavy atom. The Morgan fingerprint density at radius 1 is 1.24 bits per heavy atom. The highest BCUT2D eigenvalue weighted by molar-refractivity contribution is 5.87. The molecule has 0 spiro atoms. The van der Waals surface area contributed by atoms with Crippen LogP contribution in [-0.2, 0) is 21.5 Å². The molecule has 0 bridgehead atoms. The van der Waals surface area contributed by atoms with E-state index < -0.39 is 5.54 Å². The monoisotopic (exact) mass is 336 g/mol. The number of rotatable bonds is 6. The van der Waals surface area contributed by atoms with Crippen LogP contribution in [0, 0.1) is 0 Å². The van der Waals surface area contributed by atoms with Crippen molar-refractivity contribution in [2.45, 2.75) is 25.8 Å². The molecule has 0 aliphatic heterocycles. The summed E-state index contributed by atoms with van der Waals surface area (Å²) in [6, 6.07) is 13.5. The standard InChI is InChI=1S/C19H20N4O2/c1-19(2,21-12-24)15-6-8-16(9-7-15)23-11-14-5-3-4-13(10-17(20)25)18(14)22-23/h3-9,11-12H,10H2,1-2H3,(H2,20,25)(H,21,24). The summed E-state index contributed by atoms with van der Waals surface area (Å²) in [5.74, 6) is -0.378. The van der Waals surface area contributed by atoms with Gasteiger partial charge in [0, 0.05) is 11.6 Å². The van der Waals surface area contributed by atoms with Crippen LogP contribution in [0.4, 0.5) is 0 Å². The molecule has 0 saturated carbocycles. The zero-order valence-corrected chi connectivity index (χ0v) is 14.2. The molecule has 3 aromatic rings. The largest absolute Gasteiger partial charge is 0.369 e. The minimum absolute atomic E-state index is 0.166. The molecule has 0 aliphatic carbocycles. The molecule has 3 rings (SSSR count). The topological polar surface area (TPSA) is 90.0 Å². The third-order valence-corrected chi connectivity index (χ3v) is 4.26. The molecule has 0 saturated heterocycles. The van der Waals surface area contributed by atoms with Gasteiger partial charge < -0.3 is 11.1 Å². The molecule has 0 radical (unpaired) electrons. The van der Waals surface area contributed by atoms with Gasteiger partial charge in [-0.2, -0.15) is 5.10 Å². The molecule has 1 heterocycles. The molecule has 6 heteroatoms. The number of benzene rings is 2. The van der Waals surface area contributed by atoms with Crippen LogP contribution in [0.3, 0.4) is 0 Å². The van der Waals surface area contributed by atoms with E-state index in [1.165, 1.54) is 0 Å². The van der Waals surface area contributed by atoms with Crippen molar-refractivity contribution in [3.63, 3.8) is 0 Å². The Kier molecular flexibility index (Phi) is 4.27. The van der Waals surface area contributed by atoms with Crippen LogP contribution in [-0.4, -0.2) is 22.1 Å². The predicted molar refractivity (Wildman–Crippen MR) is 96.2 cm³/mol. The molecule has 3 N–H and O–H groups in total. The van der Waals surface area contributed by atoms with Crippen LogP contribution in [0.5, 0.6) is 0 Å². The number of nitrogens with two attached hydrogens (primary N) is 1. The van der Waals surface area contributed by atoms with Gasteiger partial charge in [-0.05, 0) is 37.1 Å². The van der Waals surface area contributed by atoms with Crippen molar-refractivity contribution in [2.24, 2.45) is 5.73 Å². The second-order valence-electron chi connectivity index (χ2n) is 6.51. The summed E-state index contributed by atoms with van der Waals surface area (Å²) in [5.41, 5.74) is 8.35. The molecule has 6 nitrogen and oxygen atoms in total. The van der Waals surface area contributed by atoms with Gasteiger partial charge in [0.05, 0.1) is 23.2 Å². The molecule has 2 amide bonds. The zero-order valence-electron chi connectivity index (χ0n) is 14.2. The number of carbonyl (C=O) groups is 2. The summed E-state index contributed by atoms with van der Waals surface area (Å²) in [6.07, 6.45) is 2.79. The number of fused-ring (bicyclic) bond motifs is 1. The molecule has 128 valence electrons. The van der Waals surface area contributed by atoms with Crippen molar-refractivity contribution in [2.75, 3.05) is 0 Å². The molecule has 2 aromatic carbocycles. The average Bonchev–Trinajstić information content (AvgIpc) is 3.00. The smallest absolute Gasteiger partial charge is 0.221 e. The fourth-order valence-electron chi connectivity index (χ4n) is 2.83. The summed E-state index contributed by atoms with van der Waals surface area (Å²) in [6.45, 7) is 3.88. The summed E-state index contributed by atoms with van der Waals surface area (Å²) >= 11 is 0. The van der Waals surface area contributed by atoms with E-state index in [0.717, 1.165) is 27.7 Å². The van der Waals surface area contributed by atoms with E-state index >= 15 is 0 Å². The van der Waals surface area contributed by atoms with E-state index in [1.807, 2.05) is 62.5 Å². The van der Waals surface area contributed by atoms with Crippen molar-refractivity contribution in [1.82, 2.24) is 15.1 Å². The number of nitrogens with zero attached hydrogens (tertiary/aromatic N) is 2. The van der Waals surface area contributed by atoms with Crippen molar-refractivity contribution in [1.29, 1.82) is 0 Å². The second-order valence-corrected chi connectivity index (χ2v) is 6.51. The number of primary amides is 1. The second kappa shape index (κ2) is 6.39. The van der Waals surface area contributed by atoms with Gasteiger partial charge in [-0.15, -0.1) is 0 Å². The molecular weight excluding hydrogens is 316 g/mol. The average molecular weight is 336 g/mol. The number of aromatic nitrogens is 2. The lowest BCUT2D eigenvalue weighted by molar-refractivity contribution is -0.117. The first-order valence-electron chi connectivity index (χ1n) is 7.98. The van der Waals surface area contributed by atoms with Gasteiger partial charge in [-0.25, -0.2) is 4.68 Å². The van der Waals surface area contributed by atoms with Crippen molar-refractivity contribution < 1.29 is 9.59 Å². The molecule has 0 unspecified atom stereocenters. The first kappa shape index (κ1) is 16.7. The first-order chi connectivity index (χ1) is 11.9. The highest BCUT2D eigenvalue weighted by Crippen LogP contribution is 2.23. The first-order valence-corrected chi connectivity index (χ1v) is 7.98. The van der Waals surface area contributed by atoms with E-state index in [-0.39, 0.29) is 12.3 Å². The van der Waals surface area contributed by atoms with Crippen LogP contribution in [0.25, 0.3) is 16.6 Å². The number of amides is 2. The van der Waals surface area contributed by atoms with Crippen LogP contribution in [0.2, 0.25) is 0 Å². The van der Waals surface area contributed by atoms with Crippen LogP contribution < -0.4 is 11.1 Å². The van der Waals surface area contributed by atoms with E-state index in [4.69, 9.17) is 5.73 Å². The summed E-state index contributed by atoms with van der Waals surface area (Å²) in [7, 11) is 0. The fourth-order valence-corrected chi connectivity index (χ4v) is 2.83. The normalized spacial score (nSPS) is 11.4. The highest BCUT2D eigenvalue weighted by Gasteiger charge is 2.19. The lowest BCUT2D eigenvalue weighted by Gasteiger charge is -2.24. The van der Waals surface area contributed by atoms with Crippen LogP contribution >= 0.6 is 0 Å². The summed E-state index contributed by atoms with van der Waals surface area (Å²) in [4.78, 5) is 22.0. The number of hydrogen-bond donors (Lipinski definition) is 2. The highest BCUT2D eigenvalue weighted by atomic mass is 16.1. The van der Waals surface area contributed by atoms with Crippen LogP contribution in [0.15, 0.2) is 48.7 Å². The Bertz CT molecular complexity index is 926. The number of nitrogens with one attached hydrogen (secondary N) is 1. The van der Waals surface area contributed by atoms with E-state index in [1.54, 1.807) is 4.68 Å². The minimum atomic E-state index is -0.441. The Morgan fingerprint density at radius 3 is 2.60 bits per heavy atom. The maximum absolute atomic E-state index is 11.2. The van der Waals surface area contributed by atoms with Crippen molar-refractivity contribution in [3.8, 4) is 5.69 Å². The zero-order chi connectivity index (χ0) is 18.0. The maximum Gasteiger partial charge on any atom is 0.221 e. The SMILES string of the molecule is CC(C)(NC=O)c1ccc(-n2cc3cccc(CC(N)=O)c3n2)cc1. The van der Waals surface area contributed by atoms with E-state index in [0.29, 0.717) is 6.41 Å². The van der Waals surface area contributed by atoms with Gasteiger partial charge in [0.2, 0.25) is 12.3 Å².